The molecule has 4 atom stereocenters. The Morgan fingerprint density at radius 2 is 1.32 bits per heavy atom. The van der Waals surface area contributed by atoms with E-state index >= 15 is 0 Å². The Morgan fingerprint density at radius 3 is 1.82 bits per heavy atom. The second-order valence-corrected chi connectivity index (χ2v) is 8.84. The van der Waals surface area contributed by atoms with E-state index in [9.17, 15) is 33.6 Å². The zero-order chi connectivity index (χ0) is 29.4. The molecule has 11 N–H and O–H groups in total. The van der Waals surface area contributed by atoms with Crippen molar-refractivity contribution in [1.29, 1.82) is 0 Å². The molecule has 0 bridgehead atoms. The van der Waals surface area contributed by atoms with E-state index < -0.39 is 91.1 Å². The maximum Gasteiger partial charge on any atom is 0.322 e. The summed E-state index contributed by atoms with van der Waals surface area (Å²) in [5.74, 6) is -7.08. The molecular weight excluding hydrogens is 506 g/mol. The third kappa shape index (κ3) is 13.5. The van der Waals surface area contributed by atoms with Crippen LogP contribution in [-0.2, 0) is 33.6 Å². The average Bonchev–Trinajstić information content (AvgIpc) is 2.83. The van der Waals surface area contributed by atoms with Crippen LogP contribution in [0, 0.1) is 5.92 Å². The second-order valence-electron chi connectivity index (χ2n) is 8.84. The average molecular weight is 546 g/mol. The van der Waals surface area contributed by atoms with E-state index in [1.54, 1.807) is 13.8 Å². The molecule has 0 saturated heterocycles. The van der Waals surface area contributed by atoms with Gasteiger partial charge in [0.25, 0.3) is 0 Å². The molecule has 216 valence electrons. The van der Waals surface area contributed by atoms with Crippen LogP contribution in [0.3, 0.4) is 0 Å². The van der Waals surface area contributed by atoms with Gasteiger partial charge in [0.05, 0.1) is 13.0 Å². The predicted molar refractivity (Wildman–Crippen MR) is 133 cm³/mol. The Bertz CT molecular complexity index is 866. The number of unbranched alkanes of at least 4 members (excludes halogenated alkanes) is 1. The van der Waals surface area contributed by atoms with E-state index in [0.717, 1.165) is 0 Å². The molecule has 0 saturated carbocycles. The molecule has 0 unspecified atom stereocenters. The number of nitrogens with two attached hydrogens (primary N) is 2. The van der Waals surface area contributed by atoms with Crippen molar-refractivity contribution >= 4 is 41.5 Å². The van der Waals surface area contributed by atoms with Gasteiger partial charge in [-0.1, -0.05) is 13.8 Å². The first-order chi connectivity index (χ1) is 17.7. The number of hydrogen-bond donors (Lipinski definition) is 9. The van der Waals surface area contributed by atoms with Crippen LogP contribution in [0.5, 0.6) is 0 Å². The second kappa shape index (κ2) is 17.6. The quantitative estimate of drug-likeness (QED) is 0.0758. The first-order valence-electron chi connectivity index (χ1n) is 12.0. The Kier molecular flexibility index (Phi) is 15.9. The van der Waals surface area contributed by atoms with E-state index in [4.69, 9.17) is 21.7 Å². The van der Waals surface area contributed by atoms with Gasteiger partial charge < -0.3 is 48.3 Å². The molecule has 0 heterocycles. The summed E-state index contributed by atoms with van der Waals surface area (Å²) in [4.78, 5) is 84.1. The fourth-order valence-corrected chi connectivity index (χ4v) is 3.14. The van der Waals surface area contributed by atoms with Crippen LogP contribution < -0.4 is 38.1 Å². The van der Waals surface area contributed by atoms with Gasteiger partial charge in [0.15, 0.2) is 0 Å². The van der Waals surface area contributed by atoms with Crippen LogP contribution in [-0.4, -0.2) is 95.5 Å². The summed E-state index contributed by atoms with van der Waals surface area (Å²) >= 11 is 0. The number of nitrogens with one attached hydrogen (secondary N) is 5. The lowest BCUT2D eigenvalue weighted by Gasteiger charge is -2.27. The molecule has 0 fully saturated rings. The van der Waals surface area contributed by atoms with Crippen LogP contribution in [0.15, 0.2) is 0 Å². The number of carbonyl (C=O) groups is 7. The summed E-state index contributed by atoms with van der Waals surface area (Å²) in [5.41, 5.74) is 10.7. The maximum atomic E-state index is 13.1. The highest BCUT2D eigenvalue weighted by atomic mass is 16.4. The van der Waals surface area contributed by atoms with E-state index in [0.29, 0.717) is 19.4 Å². The lowest BCUT2D eigenvalue weighted by Crippen LogP contribution is -2.59. The monoisotopic (exact) mass is 545 g/mol. The predicted octanol–water partition coefficient (Wildman–Crippen LogP) is -3.64. The lowest BCUT2D eigenvalue weighted by atomic mass is 10.0. The molecular formula is C22H39N7O9. The number of hydrogen-bond acceptors (Lipinski definition) is 9. The molecule has 0 aliphatic carbocycles. The molecule has 0 aromatic heterocycles. The summed E-state index contributed by atoms with van der Waals surface area (Å²) in [7, 11) is 0. The van der Waals surface area contributed by atoms with Gasteiger partial charge in [-0.3, -0.25) is 33.6 Å². The summed E-state index contributed by atoms with van der Waals surface area (Å²) < 4.78 is 0. The summed E-state index contributed by atoms with van der Waals surface area (Å²) in [5, 5.41) is 29.4. The van der Waals surface area contributed by atoms with Crippen molar-refractivity contribution in [2.75, 3.05) is 19.6 Å². The van der Waals surface area contributed by atoms with Gasteiger partial charge in [0.1, 0.15) is 30.7 Å². The first-order valence-corrected chi connectivity index (χ1v) is 12.0. The molecule has 16 nitrogen and oxygen atoms in total. The normalized spacial score (nSPS) is 13.8. The third-order valence-corrected chi connectivity index (χ3v) is 5.21. The van der Waals surface area contributed by atoms with E-state index in [1.807, 2.05) is 0 Å². The van der Waals surface area contributed by atoms with Crippen molar-refractivity contribution in [2.45, 2.75) is 70.6 Å². The molecule has 0 aromatic carbocycles. The minimum Gasteiger partial charge on any atom is -0.481 e. The molecule has 0 spiro atoms. The van der Waals surface area contributed by atoms with Gasteiger partial charge >= 0.3 is 11.9 Å². The number of rotatable bonds is 18. The molecule has 0 aliphatic heterocycles. The van der Waals surface area contributed by atoms with Crippen LogP contribution in [0.4, 0.5) is 0 Å². The molecule has 38 heavy (non-hydrogen) atoms. The molecule has 0 aliphatic rings. The van der Waals surface area contributed by atoms with Crippen LogP contribution in [0.1, 0.15) is 46.5 Å². The Hall–Kier alpha value is -3.79. The number of carboxylic acids is 2. The largest absolute Gasteiger partial charge is 0.481 e. The minimum atomic E-state index is -1.49. The fourth-order valence-electron chi connectivity index (χ4n) is 3.14. The van der Waals surface area contributed by atoms with Gasteiger partial charge in [-0.05, 0) is 38.6 Å². The lowest BCUT2D eigenvalue weighted by molar-refractivity contribution is -0.141. The maximum absolute atomic E-state index is 13.1. The Morgan fingerprint density at radius 1 is 0.711 bits per heavy atom. The van der Waals surface area contributed by atoms with Gasteiger partial charge in [-0.2, -0.15) is 0 Å². The number of amides is 5. The van der Waals surface area contributed by atoms with Crippen molar-refractivity contribution < 1.29 is 43.8 Å². The molecule has 0 radical (unpaired) electrons. The third-order valence-electron chi connectivity index (χ3n) is 5.21. The van der Waals surface area contributed by atoms with E-state index in [2.05, 4.69) is 26.6 Å². The van der Waals surface area contributed by atoms with Gasteiger partial charge in [0, 0.05) is 0 Å². The number of carbonyl (C=O) groups excluding carboxylic acids is 5. The summed E-state index contributed by atoms with van der Waals surface area (Å²) in [6.45, 7) is 3.76. The van der Waals surface area contributed by atoms with Crippen molar-refractivity contribution in [2.24, 2.45) is 17.4 Å². The Labute approximate surface area is 220 Å². The molecule has 16 heteroatoms. The highest BCUT2D eigenvalue weighted by Crippen LogP contribution is 2.07. The topological polar surface area (TPSA) is 272 Å². The van der Waals surface area contributed by atoms with Crippen molar-refractivity contribution in [3.8, 4) is 0 Å². The molecule has 5 amide bonds. The van der Waals surface area contributed by atoms with Crippen molar-refractivity contribution in [3.63, 3.8) is 0 Å². The number of carboxylic acid groups (broad SMARTS) is 2. The fraction of sp³-hybridized carbons (Fsp3) is 0.682. The first kappa shape index (κ1) is 34.2. The standard InChI is InChI=1S/C22H39N7O9/c1-11(2)18(29-21(37)14(8-16(31)32)27-15(30)9-24)22(38)28-13(6-4-5-7-23)20(36)26-12(3)19(35)25-10-17(33)34/h11-14,18H,4-10,23-24H2,1-3H3,(H,25,35)(H,26,36)(H,27,30)(H,28,38)(H,29,37)(H,31,32)(H,33,34)/t12-,13-,14-,18-/m0/s1. The zero-order valence-electron chi connectivity index (χ0n) is 21.7. The minimum absolute atomic E-state index is 0.144. The van der Waals surface area contributed by atoms with E-state index in [-0.39, 0.29) is 6.42 Å². The highest BCUT2D eigenvalue weighted by Gasteiger charge is 2.32. The van der Waals surface area contributed by atoms with Gasteiger partial charge in [0.2, 0.25) is 29.5 Å². The molecule has 0 aromatic rings. The van der Waals surface area contributed by atoms with Crippen LogP contribution >= 0.6 is 0 Å². The van der Waals surface area contributed by atoms with E-state index in [1.165, 1.54) is 6.92 Å². The van der Waals surface area contributed by atoms with Crippen LogP contribution in [0.25, 0.3) is 0 Å². The smallest absolute Gasteiger partial charge is 0.322 e. The zero-order valence-corrected chi connectivity index (χ0v) is 21.7. The molecule has 0 rings (SSSR count). The van der Waals surface area contributed by atoms with Gasteiger partial charge in [-0.15, -0.1) is 0 Å². The highest BCUT2D eigenvalue weighted by molar-refractivity contribution is 5.96. The summed E-state index contributed by atoms with van der Waals surface area (Å²) in [6, 6.07) is -4.95. The number of aliphatic carboxylic acids is 2. The van der Waals surface area contributed by atoms with Crippen molar-refractivity contribution in [1.82, 2.24) is 26.6 Å². The summed E-state index contributed by atoms with van der Waals surface area (Å²) in [6.07, 6.45) is 0.372. The Balaban J connectivity index is 5.57. The SMILES string of the molecule is CC(C)[C@H](NC(=O)[C@H](CC(=O)O)NC(=O)CN)C(=O)N[C@@H](CCCCN)C(=O)N[C@@H](C)C(=O)NCC(=O)O. The van der Waals surface area contributed by atoms with Crippen molar-refractivity contribution in [3.05, 3.63) is 0 Å². The van der Waals surface area contributed by atoms with Gasteiger partial charge in [-0.25, -0.2) is 0 Å². The van der Waals surface area contributed by atoms with Crippen LogP contribution in [0.2, 0.25) is 0 Å².